The highest BCUT2D eigenvalue weighted by Gasteiger charge is 2.62. The van der Waals surface area contributed by atoms with E-state index in [1.54, 1.807) is 0 Å². The maximum atomic E-state index is 13.4. The maximum Gasteiger partial charge on any atom is 0.231 e. The van der Waals surface area contributed by atoms with E-state index >= 15 is 0 Å². The second-order valence-corrected chi connectivity index (χ2v) is 11.1. The highest BCUT2D eigenvalue weighted by Crippen LogP contribution is 2.69. The third-order valence-corrected chi connectivity index (χ3v) is 7.97. The summed E-state index contributed by atoms with van der Waals surface area (Å²) in [5.74, 6) is 1.65. The predicted octanol–water partition coefficient (Wildman–Crippen LogP) is 3.77. The first-order chi connectivity index (χ1) is 13.3. The summed E-state index contributed by atoms with van der Waals surface area (Å²) in [5.41, 5.74) is 1.68. The van der Waals surface area contributed by atoms with Crippen molar-refractivity contribution in [3.8, 4) is 0 Å². The highest BCUT2D eigenvalue weighted by molar-refractivity contribution is 5.95. The summed E-state index contributed by atoms with van der Waals surface area (Å²) in [7, 11) is 2.17. The van der Waals surface area contributed by atoms with Gasteiger partial charge in [0, 0.05) is 26.2 Å². The minimum Gasteiger partial charge on any atom is -0.368 e. The molecule has 1 aromatic heterocycles. The van der Waals surface area contributed by atoms with Gasteiger partial charge in [-0.2, -0.15) is 0 Å². The van der Waals surface area contributed by atoms with Crippen molar-refractivity contribution in [3.63, 3.8) is 0 Å². The lowest BCUT2D eigenvalue weighted by Gasteiger charge is -2.64. The number of carbonyl (C=O) groups is 1. The van der Waals surface area contributed by atoms with Crippen LogP contribution < -0.4 is 10.2 Å². The molecule has 2 heterocycles. The number of rotatable bonds is 3. The van der Waals surface area contributed by atoms with E-state index < -0.39 is 0 Å². The molecule has 28 heavy (non-hydrogen) atoms. The number of hydrogen-bond donors (Lipinski definition) is 1. The van der Waals surface area contributed by atoms with E-state index in [1.165, 1.54) is 19.3 Å². The quantitative estimate of drug-likeness (QED) is 0.865. The Bertz CT molecular complexity index is 749. The van der Waals surface area contributed by atoms with Gasteiger partial charge in [-0.3, -0.25) is 4.79 Å². The molecule has 5 nitrogen and oxygen atoms in total. The molecule has 4 aliphatic carbocycles. The fraction of sp³-hybridized carbons (Fsp3) is 0.739. The molecule has 5 aliphatic rings. The van der Waals surface area contributed by atoms with Crippen LogP contribution in [0.2, 0.25) is 0 Å². The van der Waals surface area contributed by atoms with Crippen LogP contribution in [0.1, 0.15) is 52.4 Å². The zero-order valence-corrected chi connectivity index (χ0v) is 17.6. The highest BCUT2D eigenvalue weighted by atomic mass is 16.2. The topological polar surface area (TPSA) is 48.5 Å². The Morgan fingerprint density at radius 2 is 1.71 bits per heavy atom. The Hall–Kier alpha value is -1.62. The van der Waals surface area contributed by atoms with Gasteiger partial charge in [0.2, 0.25) is 5.91 Å². The number of nitrogens with one attached hydrogen (secondary N) is 1. The number of aromatic nitrogens is 1. The lowest BCUT2D eigenvalue weighted by Crippen LogP contribution is -2.58. The molecule has 5 fully saturated rings. The van der Waals surface area contributed by atoms with Crippen LogP contribution in [-0.4, -0.2) is 49.0 Å². The van der Waals surface area contributed by atoms with Crippen molar-refractivity contribution in [2.45, 2.75) is 52.4 Å². The first-order valence-electron chi connectivity index (χ1n) is 11.0. The van der Waals surface area contributed by atoms with Gasteiger partial charge in [0.25, 0.3) is 0 Å². The number of carbonyl (C=O) groups excluding carboxylic acids is 1. The smallest absolute Gasteiger partial charge is 0.231 e. The Morgan fingerprint density at radius 3 is 2.29 bits per heavy atom. The third kappa shape index (κ3) is 3.12. The molecule has 5 heteroatoms. The Kier molecular flexibility index (Phi) is 4.07. The summed E-state index contributed by atoms with van der Waals surface area (Å²) >= 11 is 0. The summed E-state index contributed by atoms with van der Waals surface area (Å²) in [6.07, 6.45) is 9.02. The number of anilines is 2. The number of pyridine rings is 1. The molecule has 2 atom stereocenters. The largest absolute Gasteiger partial charge is 0.368 e. The predicted molar refractivity (Wildman–Crippen MR) is 112 cm³/mol. The number of hydrogen-bond acceptors (Lipinski definition) is 4. The normalized spacial score (nSPS) is 40.0. The zero-order chi connectivity index (χ0) is 19.6. The van der Waals surface area contributed by atoms with Crippen LogP contribution in [0.4, 0.5) is 11.5 Å². The summed E-state index contributed by atoms with van der Waals surface area (Å²) in [5, 5.41) is 3.19. The van der Waals surface area contributed by atoms with E-state index in [4.69, 9.17) is 0 Å². The van der Waals surface area contributed by atoms with Gasteiger partial charge in [0.1, 0.15) is 5.82 Å². The van der Waals surface area contributed by atoms with E-state index in [9.17, 15) is 4.79 Å². The monoisotopic (exact) mass is 382 g/mol. The first-order valence-corrected chi connectivity index (χ1v) is 11.0. The van der Waals surface area contributed by atoms with Gasteiger partial charge < -0.3 is 15.1 Å². The first kappa shape index (κ1) is 18.4. The average molecular weight is 383 g/mol. The molecule has 0 radical (unpaired) electrons. The molecule has 4 saturated carbocycles. The van der Waals surface area contributed by atoms with Crippen LogP contribution in [-0.2, 0) is 4.79 Å². The van der Waals surface area contributed by atoms with Gasteiger partial charge >= 0.3 is 0 Å². The van der Waals surface area contributed by atoms with Gasteiger partial charge in [0.15, 0.2) is 0 Å². The number of piperazine rings is 1. The minimum atomic E-state index is -0.180. The van der Waals surface area contributed by atoms with Crippen LogP contribution in [0, 0.1) is 22.2 Å². The Labute approximate surface area is 168 Å². The number of likely N-dealkylation sites (N-methyl/N-ethyl adjacent to an activating group) is 1. The molecule has 6 rings (SSSR count). The molecular formula is C23H34N4O. The molecule has 0 spiro atoms. The summed E-state index contributed by atoms with van der Waals surface area (Å²) in [6, 6.07) is 4.09. The second kappa shape index (κ2) is 6.19. The van der Waals surface area contributed by atoms with Crippen LogP contribution in [0.5, 0.6) is 0 Å². The van der Waals surface area contributed by atoms with Crippen molar-refractivity contribution in [3.05, 3.63) is 18.3 Å². The summed E-state index contributed by atoms with van der Waals surface area (Å²) < 4.78 is 0. The van der Waals surface area contributed by atoms with Gasteiger partial charge in [0.05, 0.1) is 17.3 Å². The van der Waals surface area contributed by atoms with Gasteiger partial charge in [-0.25, -0.2) is 4.98 Å². The molecule has 1 aliphatic heterocycles. The fourth-order valence-electron chi connectivity index (χ4n) is 7.66. The molecule has 1 amide bonds. The van der Waals surface area contributed by atoms with Gasteiger partial charge in [-0.1, -0.05) is 13.8 Å². The fourth-order valence-corrected chi connectivity index (χ4v) is 7.66. The Balaban J connectivity index is 1.29. The molecule has 0 aromatic carbocycles. The van der Waals surface area contributed by atoms with Crippen molar-refractivity contribution in [1.82, 2.24) is 9.88 Å². The van der Waals surface area contributed by atoms with Crippen LogP contribution >= 0.6 is 0 Å². The lowest BCUT2D eigenvalue weighted by molar-refractivity contribution is -0.165. The summed E-state index contributed by atoms with van der Waals surface area (Å²) in [4.78, 5) is 22.7. The van der Waals surface area contributed by atoms with Crippen LogP contribution in [0.15, 0.2) is 18.3 Å². The molecule has 1 saturated heterocycles. The van der Waals surface area contributed by atoms with Crippen LogP contribution in [0.3, 0.4) is 0 Å². The van der Waals surface area contributed by atoms with E-state index in [0.29, 0.717) is 16.6 Å². The van der Waals surface area contributed by atoms with Crippen molar-refractivity contribution in [2.75, 3.05) is 43.4 Å². The minimum absolute atomic E-state index is 0.180. The molecule has 4 bridgehead atoms. The maximum absolute atomic E-state index is 13.4. The van der Waals surface area contributed by atoms with E-state index in [1.807, 2.05) is 12.3 Å². The third-order valence-electron chi connectivity index (χ3n) is 7.97. The van der Waals surface area contributed by atoms with E-state index in [-0.39, 0.29) is 11.3 Å². The van der Waals surface area contributed by atoms with E-state index in [2.05, 4.69) is 47.1 Å². The van der Waals surface area contributed by atoms with Crippen molar-refractivity contribution in [2.24, 2.45) is 22.2 Å². The summed E-state index contributed by atoms with van der Waals surface area (Å²) in [6.45, 7) is 9.07. The molecule has 152 valence electrons. The van der Waals surface area contributed by atoms with E-state index in [0.717, 1.165) is 57.0 Å². The zero-order valence-electron chi connectivity index (χ0n) is 17.6. The van der Waals surface area contributed by atoms with Crippen molar-refractivity contribution >= 4 is 17.4 Å². The van der Waals surface area contributed by atoms with Crippen molar-refractivity contribution < 1.29 is 4.79 Å². The molecular weight excluding hydrogens is 348 g/mol. The molecule has 1 aromatic rings. The molecule has 1 N–H and O–H groups in total. The van der Waals surface area contributed by atoms with Crippen molar-refractivity contribution in [1.29, 1.82) is 0 Å². The van der Waals surface area contributed by atoms with Crippen LogP contribution in [0.25, 0.3) is 0 Å². The van der Waals surface area contributed by atoms with Gasteiger partial charge in [-0.05, 0) is 74.5 Å². The average Bonchev–Trinajstić information content (AvgIpc) is 2.60. The van der Waals surface area contributed by atoms with Gasteiger partial charge in [-0.15, -0.1) is 0 Å². The number of nitrogens with zero attached hydrogens (tertiary/aromatic N) is 3. The SMILES string of the molecule is CN1CCN(c2ccc(NC(=O)C34CC5CC(C)(CC(C)(C5)C3)C4)nc2)CC1. The molecule has 2 unspecified atom stereocenters. The Morgan fingerprint density at radius 1 is 1.04 bits per heavy atom. The number of amides is 1. The lowest BCUT2D eigenvalue weighted by atomic mass is 9.40. The standard InChI is InChI=1S/C23H34N4O/c1-21-10-17-11-22(2,14-21)16-23(12-17,15-21)20(28)25-19-5-4-18(13-24-19)27-8-6-26(3)7-9-27/h4-5,13,17H,6-12,14-16H2,1-3H3,(H,24,25,28). The second-order valence-electron chi connectivity index (χ2n) is 11.1.